The highest BCUT2D eigenvalue weighted by atomic mass is 16.6. The van der Waals surface area contributed by atoms with Crippen LogP contribution in [0.25, 0.3) is 0 Å². The third-order valence-corrected chi connectivity index (χ3v) is 13.7. The molecule has 0 N–H and O–H groups in total. The van der Waals surface area contributed by atoms with Crippen LogP contribution >= 0.6 is 0 Å². The van der Waals surface area contributed by atoms with Crippen LogP contribution in [0, 0.1) is 0 Å². The van der Waals surface area contributed by atoms with E-state index in [0.717, 1.165) is 128 Å². The Morgan fingerprint density at radius 2 is 0.562 bits per heavy atom. The number of ether oxygens (including phenoxy) is 3. The van der Waals surface area contributed by atoms with Gasteiger partial charge < -0.3 is 14.2 Å². The van der Waals surface area contributed by atoms with Crippen molar-refractivity contribution in [3.63, 3.8) is 0 Å². The molecule has 0 aromatic carbocycles. The molecule has 1 atom stereocenters. The summed E-state index contributed by atoms with van der Waals surface area (Å²) in [5.74, 6) is -0.914. The standard InChI is InChI=1S/C67H118O6/c1-4-7-10-13-16-19-22-25-27-29-30-31-32-33-34-35-36-38-39-42-45-48-51-54-57-60-66(69)72-63-64(62-71-65(68)59-56-53-50-47-44-41-24-21-18-15-12-9-6-3)73-67(70)61-58-55-52-49-46-43-40-37-28-26-23-20-17-14-11-8-5-2/h8,11-12,15,17,20-21,24,26,28,40,43,64H,4-7,9-10,13-14,16,18-19,22-23,25,27,29-39,41-42,44-63H2,1-3H3/b11-8-,15-12-,20-17-,24-21-,28-26-,43-40-. The lowest BCUT2D eigenvalue weighted by atomic mass is 10.0. The molecule has 0 fully saturated rings. The SMILES string of the molecule is CC/C=C\C/C=C\C/C=C\C/C=C\CCCCCCC(=O)OC(COC(=O)CCCCCCC/C=C\C/C=C\CCC)COC(=O)CCCCCCCCCCCCCCCCCCCCCCCCCCC. The Kier molecular flexibility index (Phi) is 58.7. The lowest BCUT2D eigenvalue weighted by Gasteiger charge is -2.18. The van der Waals surface area contributed by atoms with Gasteiger partial charge in [-0.25, -0.2) is 0 Å². The highest BCUT2D eigenvalue weighted by Gasteiger charge is 2.19. The Bertz CT molecular complexity index is 1360. The summed E-state index contributed by atoms with van der Waals surface area (Å²) in [6, 6.07) is 0. The molecule has 0 aliphatic carbocycles. The fourth-order valence-electron chi connectivity index (χ4n) is 9.00. The van der Waals surface area contributed by atoms with Crippen molar-refractivity contribution in [1.82, 2.24) is 0 Å². The quantitative estimate of drug-likeness (QED) is 0.0261. The highest BCUT2D eigenvalue weighted by Crippen LogP contribution is 2.17. The largest absolute Gasteiger partial charge is 0.462 e. The summed E-state index contributed by atoms with van der Waals surface area (Å²) in [7, 11) is 0. The van der Waals surface area contributed by atoms with Crippen molar-refractivity contribution < 1.29 is 28.6 Å². The average Bonchev–Trinajstić information content (AvgIpc) is 3.39. The van der Waals surface area contributed by atoms with E-state index in [1.54, 1.807) is 0 Å². The third-order valence-electron chi connectivity index (χ3n) is 13.7. The minimum Gasteiger partial charge on any atom is -0.462 e. The van der Waals surface area contributed by atoms with Crippen LogP contribution in [0.1, 0.15) is 316 Å². The summed E-state index contributed by atoms with van der Waals surface area (Å²) < 4.78 is 16.9. The summed E-state index contributed by atoms with van der Waals surface area (Å²) >= 11 is 0. The zero-order valence-corrected chi connectivity index (χ0v) is 48.4. The third kappa shape index (κ3) is 59.6. The molecule has 0 rings (SSSR count). The summed E-state index contributed by atoms with van der Waals surface area (Å²) in [4.78, 5) is 38.2. The molecule has 0 spiro atoms. The van der Waals surface area contributed by atoms with Crippen LogP contribution in [0.5, 0.6) is 0 Å². The van der Waals surface area contributed by atoms with Crippen LogP contribution in [0.2, 0.25) is 0 Å². The minimum atomic E-state index is -0.794. The van der Waals surface area contributed by atoms with E-state index in [1.807, 2.05) is 0 Å². The number of carbonyl (C=O) groups is 3. The van der Waals surface area contributed by atoms with E-state index in [4.69, 9.17) is 14.2 Å². The van der Waals surface area contributed by atoms with Crippen LogP contribution in [-0.4, -0.2) is 37.2 Å². The smallest absolute Gasteiger partial charge is 0.306 e. The van der Waals surface area contributed by atoms with E-state index in [1.165, 1.54) is 148 Å². The van der Waals surface area contributed by atoms with Gasteiger partial charge in [0.05, 0.1) is 0 Å². The van der Waals surface area contributed by atoms with Gasteiger partial charge in [-0.2, -0.15) is 0 Å². The molecule has 73 heavy (non-hydrogen) atoms. The lowest BCUT2D eigenvalue weighted by Crippen LogP contribution is -2.30. The molecule has 0 amide bonds. The molecule has 0 bridgehead atoms. The first kappa shape index (κ1) is 69.8. The van der Waals surface area contributed by atoms with Gasteiger partial charge in [0.25, 0.3) is 0 Å². The number of carbonyl (C=O) groups excluding carboxylic acids is 3. The second kappa shape index (κ2) is 61.4. The molecule has 0 radical (unpaired) electrons. The molecule has 0 aliphatic heterocycles. The Labute approximate surface area is 453 Å². The number of esters is 3. The first-order valence-electron chi connectivity index (χ1n) is 31.4. The van der Waals surface area contributed by atoms with Crippen molar-refractivity contribution in [1.29, 1.82) is 0 Å². The van der Waals surface area contributed by atoms with Gasteiger partial charge in [0.1, 0.15) is 13.2 Å². The van der Waals surface area contributed by atoms with Crippen LogP contribution in [0.4, 0.5) is 0 Å². The van der Waals surface area contributed by atoms with Crippen molar-refractivity contribution in [3.8, 4) is 0 Å². The molecule has 6 heteroatoms. The maximum Gasteiger partial charge on any atom is 0.306 e. The fourth-order valence-corrected chi connectivity index (χ4v) is 9.00. The van der Waals surface area contributed by atoms with Crippen LogP contribution < -0.4 is 0 Å². The monoisotopic (exact) mass is 1020 g/mol. The first-order valence-corrected chi connectivity index (χ1v) is 31.4. The van der Waals surface area contributed by atoms with Gasteiger partial charge in [0.15, 0.2) is 6.10 Å². The van der Waals surface area contributed by atoms with Crippen LogP contribution in [0.3, 0.4) is 0 Å². The van der Waals surface area contributed by atoms with E-state index in [2.05, 4.69) is 93.7 Å². The van der Waals surface area contributed by atoms with Crippen molar-refractivity contribution in [2.45, 2.75) is 322 Å². The minimum absolute atomic E-state index is 0.0877. The number of unbranched alkanes of at least 4 members (excludes halogenated alkanes) is 34. The first-order chi connectivity index (χ1) is 36.0. The number of rotatable bonds is 57. The molecule has 0 aliphatic rings. The second-order valence-electron chi connectivity index (χ2n) is 20.9. The maximum atomic E-state index is 12.9. The average molecular weight is 1020 g/mol. The molecular formula is C67H118O6. The van der Waals surface area contributed by atoms with E-state index < -0.39 is 6.10 Å². The fraction of sp³-hybridized carbons (Fsp3) is 0.776. The molecule has 0 saturated carbocycles. The topological polar surface area (TPSA) is 78.9 Å². The summed E-state index contributed by atoms with van der Waals surface area (Å²) in [5.41, 5.74) is 0. The van der Waals surface area contributed by atoms with Gasteiger partial charge in [0, 0.05) is 19.3 Å². The Balaban J connectivity index is 4.29. The van der Waals surface area contributed by atoms with Gasteiger partial charge in [0.2, 0.25) is 0 Å². The molecule has 0 saturated heterocycles. The van der Waals surface area contributed by atoms with Crippen molar-refractivity contribution in [3.05, 3.63) is 72.9 Å². The molecule has 6 nitrogen and oxygen atoms in total. The Morgan fingerprint density at radius 1 is 0.288 bits per heavy atom. The second-order valence-corrected chi connectivity index (χ2v) is 20.9. The summed E-state index contributed by atoms with van der Waals surface area (Å²) in [5, 5.41) is 0. The maximum absolute atomic E-state index is 12.9. The van der Waals surface area contributed by atoms with Crippen LogP contribution in [0.15, 0.2) is 72.9 Å². The Hall–Kier alpha value is -3.15. The molecular weight excluding hydrogens is 901 g/mol. The lowest BCUT2D eigenvalue weighted by molar-refractivity contribution is -0.167. The van der Waals surface area contributed by atoms with Gasteiger partial charge in [-0.15, -0.1) is 0 Å². The van der Waals surface area contributed by atoms with Gasteiger partial charge in [-0.1, -0.05) is 286 Å². The zero-order chi connectivity index (χ0) is 52.9. The molecule has 1 unspecified atom stereocenters. The molecule has 422 valence electrons. The van der Waals surface area contributed by atoms with Crippen LogP contribution in [-0.2, 0) is 28.6 Å². The predicted molar refractivity (Wildman–Crippen MR) is 316 cm³/mol. The van der Waals surface area contributed by atoms with Crippen molar-refractivity contribution >= 4 is 17.9 Å². The number of hydrogen-bond donors (Lipinski definition) is 0. The number of allylic oxidation sites excluding steroid dienone is 12. The predicted octanol–water partition coefficient (Wildman–Crippen LogP) is 21.3. The van der Waals surface area contributed by atoms with Crippen molar-refractivity contribution in [2.24, 2.45) is 0 Å². The van der Waals surface area contributed by atoms with E-state index in [0.29, 0.717) is 19.3 Å². The summed E-state index contributed by atoms with van der Waals surface area (Å²) in [6.45, 7) is 6.47. The van der Waals surface area contributed by atoms with E-state index in [-0.39, 0.29) is 31.1 Å². The van der Waals surface area contributed by atoms with E-state index in [9.17, 15) is 14.4 Å². The summed E-state index contributed by atoms with van der Waals surface area (Å²) in [6.07, 6.45) is 79.2. The zero-order valence-electron chi connectivity index (χ0n) is 48.4. The normalized spacial score (nSPS) is 12.5. The highest BCUT2D eigenvalue weighted by molar-refractivity contribution is 5.71. The van der Waals surface area contributed by atoms with Crippen molar-refractivity contribution in [2.75, 3.05) is 13.2 Å². The Morgan fingerprint density at radius 3 is 0.890 bits per heavy atom. The van der Waals surface area contributed by atoms with E-state index >= 15 is 0 Å². The molecule has 0 heterocycles. The van der Waals surface area contributed by atoms with Gasteiger partial charge >= 0.3 is 17.9 Å². The number of hydrogen-bond acceptors (Lipinski definition) is 6. The van der Waals surface area contributed by atoms with Gasteiger partial charge in [-0.05, 0) is 83.5 Å². The van der Waals surface area contributed by atoms with Gasteiger partial charge in [-0.3, -0.25) is 14.4 Å². The molecule has 0 aromatic heterocycles. The molecule has 0 aromatic rings.